The summed E-state index contributed by atoms with van der Waals surface area (Å²) in [6, 6.07) is 12.6. The first kappa shape index (κ1) is 21.6. The van der Waals surface area contributed by atoms with Crippen molar-refractivity contribution in [3.05, 3.63) is 59.2 Å². The van der Waals surface area contributed by atoms with Gasteiger partial charge < -0.3 is 20.8 Å². The first-order valence-corrected chi connectivity index (χ1v) is 9.23. The van der Waals surface area contributed by atoms with Gasteiger partial charge in [-0.1, -0.05) is 30.3 Å². The molecule has 150 valence electrons. The van der Waals surface area contributed by atoms with Crippen molar-refractivity contribution in [1.82, 2.24) is 5.32 Å². The highest BCUT2D eigenvalue weighted by Gasteiger charge is 2.20. The average Bonchev–Trinajstić information content (AvgIpc) is 2.61. The van der Waals surface area contributed by atoms with Crippen LogP contribution in [0.2, 0.25) is 0 Å². The molecule has 0 heterocycles. The van der Waals surface area contributed by atoms with E-state index in [2.05, 4.69) is 10.6 Å². The van der Waals surface area contributed by atoms with E-state index in [4.69, 9.17) is 0 Å². The molecule has 0 spiro atoms. The minimum atomic E-state index is -0.795. The Morgan fingerprint density at radius 2 is 1.89 bits per heavy atom. The van der Waals surface area contributed by atoms with Crippen LogP contribution in [-0.2, 0) is 22.4 Å². The molecule has 2 aromatic carbocycles. The molecule has 1 amide bonds. The third kappa shape index (κ3) is 6.48. The number of phenols is 1. The lowest BCUT2D eigenvalue weighted by Gasteiger charge is -2.28. The summed E-state index contributed by atoms with van der Waals surface area (Å²) in [6.45, 7) is 5.99. The summed E-state index contributed by atoms with van der Waals surface area (Å²) in [5, 5.41) is 26.0. The van der Waals surface area contributed by atoms with Gasteiger partial charge in [-0.05, 0) is 56.0 Å². The average molecular weight is 384 g/mol. The first-order valence-electron chi connectivity index (χ1n) is 9.23. The van der Waals surface area contributed by atoms with Crippen LogP contribution < -0.4 is 10.6 Å². The summed E-state index contributed by atoms with van der Waals surface area (Å²) in [4.78, 5) is 21.9. The summed E-state index contributed by atoms with van der Waals surface area (Å²) in [5.74, 6) is 0.0803. The van der Waals surface area contributed by atoms with Crippen LogP contribution in [0.3, 0.4) is 0 Å². The molecule has 6 heteroatoms. The number of aromatic hydroxyl groups is 1. The monoisotopic (exact) mass is 384 g/mol. The number of nitrogens with one attached hydrogen (secondary N) is 2. The lowest BCUT2D eigenvalue weighted by Crippen LogP contribution is -2.43. The third-order valence-corrected chi connectivity index (χ3v) is 4.48. The van der Waals surface area contributed by atoms with Crippen LogP contribution in [0.1, 0.15) is 43.6 Å². The van der Waals surface area contributed by atoms with Crippen LogP contribution in [-0.4, -0.2) is 34.5 Å². The molecule has 6 nitrogen and oxygen atoms in total. The molecule has 1 atom stereocenters. The van der Waals surface area contributed by atoms with Gasteiger partial charge in [-0.15, -0.1) is 0 Å². The van der Waals surface area contributed by atoms with E-state index in [0.29, 0.717) is 24.9 Å². The number of ketones is 1. The van der Waals surface area contributed by atoms with Crippen LogP contribution in [0, 0.1) is 0 Å². The van der Waals surface area contributed by atoms with Crippen LogP contribution in [0.25, 0.3) is 0 Å². The molecule has 0 aromatic heterocycles. The number of rotatable bonds is 10. The SMILES string of the molecule is CC(=O)Cc1cccc(CC(C)(C)NC[C@H](O)c2ccc(O)c(NC=O)c2)c1. The number of hydrogen-bond acceptors (Lipinski definition) is 5. The molecule has 0 aliphatic carbocycles. The van der Waals surface area contributed by atoms with E-state index in [1.807, 2.05) is 38.1 Å². The maximum absolute atomic E-state index is 11.3. The summed E-state index contributed by atoms with van der Waals surface area (Å²) in [6.07, 6.45) is 0.848. The molecule has 0 radical (unpaired) electrons. The smallest absolute Gasteiger partial charge is 0.211 e. The van der Waals surface area contributed by atoms with Crippen molar-refractivity contribution in [3.8, 4) is 5.75 Å². The summed E-state index contributed by atoms with van der Waals surface area (Å²) < 4.78 is 0. The predicted molar refractivity (Wildman–Crippen MR) is 109 cm³/mol. The Morgan fingerprint density at radius 1 is 1.18 bits per heavy atom. The van der Waals surface area contributed by atoms with Gasteiger partial charge >= 0.3 is 0 Å². The molecule has 0 bridgehead atoms. The van der Waals surface area contributed by atoms with Crippen molar-refractivity contribution in [2.24, 2.45) is 0 Å². The standard InChI is InChI=1S/C22H28N2O4/c1-15(26)9-16-5-4-6-17(10-16)12-22(2,3)24-13-21(28)18-7-8-20(27)19(11-18)23-14-25/h4-8,10-11,14,21,24,27-28H,9,12-13H2,1-3H3,(H,23,25)/t21-/m0/s1. The number of carbonyl (C=O) groups excluding carboxylic acids is 2. The highest BCUT2D eigenvalue weighted by Crippen LogP contribution is 2.27. The number of amides is 1. The van der Waals surface area contributed by atoms with E-state index in [1.54, 1.807) is 19.1 Å². The Balaban J connectivity index is 1.99. The Morgan fingerprint density at radius 3 is 2.57 bits per heavy atom. The van der Waals surface area contributed by atoms with Crippen LogP contribution in [0.15, 0.2) is 42.5 Å². The molecular weight excluding hydrogens is 356 g/mol. The topological polar surface area (TPSA) is 98.7 Å². The maximum atomic E-state index is 11.3. The van der Waals surface area contributed by atoms with Gasteiger partial charge in [0.15, 0.2) is 0 Å². The largest absolute Gasteiger partial charge is 0.506 e. The fourth-order valence-corrected chi connectivity index (χ4v) is 3.14. The summed E-state index contributed by atoms with van der Waals surface area (Å²) in [7, 11) is 0. The minimum absolute atomic E-state index is 0.0539. The zero-order chi connectivity index (χ0) is 20.7. The summed E-state index contributed by atoms with van der Waals surface area (Å²) in [5.41, 5.74) is 2.69. The maximum Gasteiger partial charge on any atom is 0.211 e. The van der Waals surface area contributed by atoms with Crippen molar-refractivity contribution in [3.63, 3.8) is 0 Å². The number of Topliss-reactive ketones (excluding diaryl/α,β-unsaturated/α-hetero) is 1. The molecule has 0 unspecified atom stereocenters. The second kappa shape index (κ2) is 9.48. The zero-order valence-electron chi connectivity index (χ0n) is 16.5. The molecular formula is C22H28N2O4. The number of phenolic OH excluding ortho intramolecular Hbond substituents is 1. The normalized spacial score (nSPS) is 12.4. The van der Waals surface area contributed by atoms with Crippen molar-refractivity contribution >= 4 is 17.9 Å². The quantitative estimate of drug-likeness (QED) is 0.373. The number of benzene rings is 2. The van der Waals surface area contributed by atoms with Crippen LogP contribution in [0.4, 0.5) is 5.69 Å². The zero-order valence-corrected chi connectivity index (χ0v) is 16.5. The van der Waals surface area contributed by atoms with Gasteiger partial charge in [0.25, 0.3) is 0 Å². The number of aliphatic hydroxyl groups excluding tert-OH is 1. The van der Waals surface area contributed by atoms with Crippen molar-refractivity contribution in [2.75, 3.05) is 11.9 Å². The molecule has 0 aliphatic heterocycles. The highest BCUT2D eigenvalue weighted by molar-refractivity contribution is 5.78. The Kier molecular flexibility index (Phi) is 7.31. The summed E-state index contributed by atoms with van der Waals surface area (Å²) >= 11 is 0. The fraction of sp³-hybridized carbons (Fsp3) is 0.364. The fourth-order valence-electron chi connectivity index (χ4n) is 3.14. The highest BCUT2D eigenvalue weighted by atomic mass is 16.3. The molecule has 2 aromatic rings. The van der Waals surface area contributed by atoms with E-state index < -0.39 is 6.10 Å². The van der Waals surface area contributed by atoms with Gasteiger partial charge in [0.1, 0.15) is 11.5 Å². The van der Waals surface area contributed by atoms with E-state index in [1.165, 1.54) is 6.07 Å². The molecule has 2 rings (SSSR count). The van der Waals surface area contributed by atoms with Gasteiger partial charge in [-0.2, -0.15) is 0 Å². The van der Waals surface area contributed by atoms with Gasteiger partial charge in [0, 0.05) is 18.5 Å². The molecule has 0 aliphatic rings. The number of hydrogen-bond donors (Lipinski definition) is 4. The minimum Gasteiger partial charge on any atom is -0.506 e. The Labute approximate surface area is 165 Å². The van der Waals surface area contributed by atoms with Gasteiger partial charge in [-0.3, -0.25) is 9.59 Å². The Hall–Kier alpha value is -2.70. The lowest BCUT2D eigenvalue weighted by atomic mass is 9.93. The Bertz CT molecular complexity index is 833. The predicted octanol–water partition coefficient (Wildman–Crippen LogP) is 2.74. The lowest BCUT2D eigenvalue weighted by molar-refractivity contribution is -0.116. The van der Waals surface area contributed by atoms with E-state index in [0.717, 1.165) is 17.5 Å². The van der Waals surface area contributed by atoms with E-state index in [-0.39, 0.29) is 22.8 Å². The van der Waals surface area contributed by atoms with Gasteiger partial charge in [0.2, 0.25) is 6.41 Å². The number of β-amino-alcohol motifs (C(OH)–C–C–N with tert-alkyl or cyclic N) is 1. The van der Waals surface area contributed by atoms with Gasteiger partial charge in [-0.25, -0.2) is 0 Å². The van der Waals surface area contributed by atoms with E-state index in [9.17, 15) is 19.8 Å². The molecule has 0 fully saturated rings. The molecule has 4 N–H and O–H groups in total. The van der Waals surface area contributed by atoms with Crippen molar-refractivity contribution in [2.45, 2.75) is 45.3 Å². The van der Waals surface area contributed by atoms with Gasteiger partial charge in [0.05, 0.1) is 11.8 Å². The molecule has 0 saturated heterocycles. The third-order valence-electron chi connectivity index (χ3n) is 4.48. The van der Waals surface area contributed by atoms with Crippen LogP contribution >= 0.6 is 0 Å². The first-order chi connectivity index (χ1) is 13.2. The van der Waals surface area contributed by atoms with Crippen molar-refractivity contribution in [1.29, 1.82) is 0 Å². The molecule has 0 saturated carbocycles. The number of carbonyl (C=O) groups is 2. The van der Waals surface area contributed by atoms with E-state index >= 15 is 0 Å². The van der Waals surface area contributed by atoms with Crippen molar-refractivity contribution < 1.29 is 19.8 Å². The second-order valence-electron chi connectivity index (χ2n) is 7.69. The molecule has 28 heavy (non-hydrogen) atoms. The number of aliphatic hydroxyl groups is 1. The number of anilines is 1. The second-order valence-corrected chi connectivity index (χ2v) is 7.69. The van der Waals surface area contributed by atoms with Crippen LogP contribution in [0.5, 0.6) is 5.75 Å².